The van der Waals surface area contributed by atoms with Gasteiger partial charge in [-0.2, -0.15) is 0 Å². The lowest BCUT2D eigenvalue weighted by Gasteiger charge is -2.39. The third kappa shape index (κ3) is 2.30. The molecule has 5 nitrogen and oxygen atoms in total. The van der Waals surface area contributed by atoms with Crippen LogP contribution in [0.15, 0.2) is 24.3 Å². The SMILES string of the molecule is CC(C)N1C(=O)[C@](O)([C@@H]2COC(C)(C)CC2=O)c2ccccc21. The normalized spacial score (nSPS) is 30.0. The number of hydrogen-bond acceptors (Lipinski definition) is 4. The Morgan fingerprint density at radius 2 is 1.91 bits per heavy atom. The number of nitrogens with zero attached hydrogens (tertiary/aromatic N) is 1. The fourth-order valence-corrected chi connectivity index (χ4v) is 3.61. The topological polar surface area (TPSA) is 66.8 Å². The molecule has 2 heterocycles. The molecule has 2 atom stereocenters. The van der Waals surface area contributed by atoms with Gasteiger partial charge in [0.2, 0.25) is 0 Å². The number of para-hydroxylation sites is 1. The Kier molecular flexibility index (Phi) is 3.61. The summed E-state index contributed by atoms with van der Waals surface area (Å²) >= 11 is 0. The van der Waals surface area contributed by atoms with Crippen LogP contribution in [0.25, 0.3) is 0 Å². The molecule has 0 aliphatic carbocycles. The third-order valence-electron chi connectivity index (χ3n) is 4.77. The van der Waals surface area contributed by atoms with Crippen molar-refractivity contribution < 1.29 is 19.4 Å². The number of benzene rings is 1. The summed E-state index contributed by atoms with van der Waals surface area (Å²) in [6, 6.07) is 7.04. The number of ether oxygens (including phenoxy) is 1. The summed E-state index contributed by atoms with van der Waals surface area (Å²) in [5.41, 5.74) is -1.22. The summed E-state index contributed by atoms with van der Waals surface area (Å²) < 4.78 is 5.73. The first kappa shape index (κ1) is 16.1. The van der Waals surface area contributed by atoms with Gasteiger partial charge in [-0.1, -0.05) is 18.2 Å². The molecule has 0 saturated carbocycles. The third-order valence-corrected chi connectivity index (χ3v) is 4.77. The number of anilines is 1. The fraction of sp³-hybridized carbons (Fsp3) is 0.556. The van der Waals surface area contributed by atoms with Crippen LogP contribution in [0, 0.1) is 5.92 Å². The van der Waals surface area contributed by atoms with Crippen LogP contribution in [0.1, 0.15) is 39.7 Å². The van der Waals surface area contributed by atoms with Crippen molar-refractivity contribution >= 4 is 17.4 Å². The van der Waals surface area contributed by atoms with Gasteiger partial charge < -0.3 is 14.7 Å². The number of fused-ring (bicyclic) bond motifs is 1. The van der Waals surface area contributed by atoms with E-state index in [4.69, 9.17) is 4.74 Å². The van der Waals surface area contributed by atoms with Crippen LogP contribution in [0.3, 0.4) is 0 Å². The molecule has 2 aliphatic rings. The number of Topliss-reactive ketones (excluding diaryl/α,β-unsaturated/α-hetero) is 1. The smallest absolute Gasteiger partial charge is 0.264 e. The van der Waals surface area contributed by atoms with Crippen molar-refractivity contribution in [1.29, 1.82) is 0 Å². The van der Waals surface area contributed by atoms with E-state index in [1.165, 1.54) is 0 Å². The molecule has 1 fully saturated rings. The fourth-order valence-electron chi connectivity index (χ4n) is 3.61. The molecule has 23 heavy (non-hydrogen) atoms. The molecule has 1 N–H and O–H groups in total. The zero-order chi connectivity index (χ0) is 17.0. The minimum absolute atomic E-state index is 0.0499. The largest absolute Gasteiger partial charge is 0.375 e. The van der Waals surface area contributed by atoms with Crippen LogP contribution < -0.4 is 4.90 Å². The quantitative estimate of drug-likeness (QED) is 0.906. The monoisotopic (exact) mass is 317 g/mol. The number of aliphatic hydroxyl groups is 1. The molecule has 0 aromatic heterocycles. The van der Waals surface area contributed by atoms with Gasteiger partial charge in [-0.25, -0.2) is 0 Å². The Labute approximate surface area is 136 Å². The summed E-state index contributed by atoms with van der Waals surface area (Å²) in [7, 11) is 0. The van der Waals surface area contributed by atoms with E-state index in [9.17, 15) is 14.7 Å². The number of ketones is 1. The average molecular weight is 317 g/mol. The first-order chi connectivity index (χ1) is 10.7. The second kappa shape index (κ2) is 5.14. The lowest BCUT2D eigenvalue weighted by molar-refractivity contribution is -0.172. The van der Waals surface area contributed by atoms with E-state index in [-0.39, 0.29) is 24.9 Å². The molecule has 0 unspecified atom stereocenters. The minimum atomic E-state index is -1.84. The van der Waals surface area contributed by atoms with Gasteiger partial charge in [0, 0.05) is 18.0 Å². The Morgan fingerprint density at radius 1 is 1.26 bits per heavy atom. The van der Waals surface area contributed by atoms with Gasteiger partial charge in [-0.15, -0.1) is 0 Å². The van der Waals surface area contributed by atoms with Crippen molar-refractivity contribution in [3.05, 3.63) is 29.8 Å². The van der Waals surface area contributed by atoms with Gasteiger partial charge in [-0.3, -0.25) is 9.59 Å². The predicted molar refractivity (Wildman–Crippen MR) is 86.1 cm³/mol. The molecule has 1 saturated heterocycles. The molecule has 1 amide bonds. The second-order valence-electron chi connectivity index (χ2n) is 7.32. The molecule has 0 spiro atoms. The number of rotatable bonds is 2. The van der Waals surface area contributed by atoms with Crippen molar-refractivity contribution in [2.24, 2.45) is 5.92 Å². The van der Waals surface area contributed by atoms with Crippen LogP contribution in [0.4, 0.5) is 5.69 Å². The first-order valence-corrected chi connectivity index (χ1v) is 8.00. The van der Waals surface area contributed by atoms with Gasteiger partial charge in [0.15, 0.2) is 5.60 Å². The lowest BCUT2D eigenvalue weighted by atomic mass is 9.76. The molecule has 1 aromatic carbocycles. The van der Waals surface area contributed by atoms with Gasteiger partial charge in [0.05, 0.1) is 23.8 Å². The summed E-state index contributed by atoms with van der Waals surface area (Å²) in [5, 5.41) is 11.3. The van der Waals surface area contributed by atoms with Crippen LogP contribution in [0.2, 0.25) is 0 Å². The van der Waals surface area contributed by atoms with E-state index in [0.29, 0.717) is 11.3 Å². The van der Waals surface area contributed by atoms with E-state index in [0.717, 1.165) is 0 Å². The Morgan fingerprint density at radius 3 is 2.52 bits per heavy atom. The molecule has 3 rings (SSSR count). The first-order valence-electron chi connectivity index (χ1n) is 8.00. The second-order valence-corrected chi connectivity index (χ2v) is 7.32. The number of amides is 1. The molecular weight excluding hydrogens is 294 g/mol. The molecule has 5 heteroatoms. The Hall–Kier alpha value is -1.72. The maximum Gasteiger partial charge on any atom is 0.264 e. The van der Waals surface area contributed by atoms with Crippen LogP contribution in [-0.4, -0.2) is 35.0 Å². The van der Waals surface area contributed by atoms with E-state index >= 15 is 0 Å². The zero-order valence-corrected chi connectivity index (χ0v) is 14.0. The summed E-state index contributed by atoms with van der Waals surface area (Å²) in [6.45, 7) is 7.52. The highest BCUT2D eigenvalue weighted by Gasteiger charge is 2.58. The standard InChI is InChI=1S/C18H23NO4/c1-11(2)19-14-8-6-5-7-12(14)18(22,16(19)21)13-10-23-17(3,4)9-15(13)20/h5-8,11,13,22H,9-10H2,1-4H3/t13-,18-/m1/s1. The highest BCUT2D eigenvalue weighted by molar-refractivity contribution is 6.10. The zero-order valence-electron chi connectivity index (χ0n) is 14.0. The highest BCUT2D eigenvalue weighted by Crippen LogP contribution is 2.47. The van der Waals surface area contributed by atoms with E-state index in [2.05, 4.69) is 0 Å². The average Bonchev–Trinajstić information content (AvgIpc) is 2.67. The van der Waals surface area contributed by atoms with Gasteiger partial charge in [0.25, 0.3) is 5.91 Å². The lowest BCUT2D eigenvalue weighted by Crippen LogP contribution is -2.55. The maximum atomic E-state index is 13.0. The summed E-state index contributed by atoms with van der Waals surface area (Å²) in [6.07, 6.45) is 0.192. The highest BCUT2D eigenvalue weighted by atomic mass is 16.5. The van der Waals surface area contributed by atoms with Crippen molar-refractivity contribution in [1.82, 2.24) is 0 Å². The van der Waals surface area contributed by atoms with E-state index in [1.807, 2.05) is 39.8 Å². The summed E-state index contributed by atoms with van der Waals surface area (Å²) in [5.74, 6) is -1.43. The van der Waals surface area contributed by atoms with Crippen LogP contribution in [-0.2, 0) is 19.9 Å². The number of carbonyl (C=O) groups is 2. The van der Waals surface area contributed by atoms with Crippen molar-refractivity contribution in [3.8, 4) is 0 Å². The molecule has 2 aliphatic heterocycles. The predicted octanol–water partition coefficient (Wildman–Crippen LogP) is 2.01. The Bertz CT molecular complexity index is 667. The van der Waals surface area contributed by atoms with Gasteiger partial charge in [0.1, 0.15) is 5.78 Å². The minimum Gasteiger partial charge on any atom is -0.375 e. The molecule has 124 valence electrons. The molecule has 0 bridgehead atoms. The van der Waals surface area contributed by atoms with Crippen LogP contribution >= 0.6 is 0 Å². The van der Waals surface area contributed by atoms with E-state index < -0.39 is 23.0 Å². The summed E-state index contributed by atoms with van der Waals surface area (Å²) in [4.78, 5) is 27.2. The maximum absolute atomic E-state index is 13.0. The molecular formula is C18H23NO4. The van der Waals surface area contributed by atoms with Crippen molar-refractivity contribution in [2.45, 2.75) is 51.4 Å². The van der Waals surface area contributed by atoms with E-state index in [1.54, 1.807) is 17.0 Å². The van der Waals surface area contributed by atoms with Crippen LogP contribution in [0.5, 0.6) is 0 Å². The van der Waals surface area contributed by atoms with Crippen molar-refractivity contribution in [2.75, 3.05) is 11.5 Å². The van der Waals surface area contributed by atoms with Gasteiger partial charge in [-0.05, 0) is 33.8 Å². The van der Waals surface area contributed by atoms with Crippen molar-refractivity contribution in [3.63, 3.8) is 0 Å². The van der Waals surface area contributed by atoms with Gasteiger partial charge >= 0.3 is 0 Å². The Balaban J connectivity index is 2.08. The number of hydrogen-bond donors (Lipinski definition) is 1. The molecule has 0 radical (unpaired) electrons. The number of carbonyl (C=O) groups excluding carboxylic acids is 2. The molecule has 1 aromatic rings.